The second-order valence-corrected chi connectivity index (χ2v) is 3.60. The van der Waals surface area contributed by atoms with E-state index in [4.69, 9.17) is 5.26 Å². The lowest BCUT2D eigenvalue weighted by Crippen LogP contribution is -2.02. The van der Waals surface area contributed by atoms with Crippen LogP contribution in [0.5, 0.6) is 0 Å². The zero-order chi connectivity index (χ0) is 12.3. The van der Waals surface area contributed by atoms with Crippen LogP contribution in [0.15, 0.2) is 36.5 Å². The molecule has 0 aliphatic heterocycles. The van der Waals surface area contributed by atoms with Gasteiger partial charge in [-0.05, 0) is 29.8 Å². The summed E-state index contributed by atoms with van der Waals surface area (Å²) in [4.78, 5) is 10.7. The van der Waals surface area contributed by atoms with Crippen molar-refractivity contribution in [2.24, 2.45) is 0 Å². The highest BCUT2D eigenvalue weighted by Gasteiger charge is 2.05. The van der Waals surface area contributed by atoms with Gasteiger partial charge in [-0.2, -0.15) is 5.26 Å². The zero-order valence-corrected chi connectivity index (χ0v) is 8.93. The Hall–Kier alpha value is -2.41. The summed E-state index contributed by atoms with van der Waals surface area (Å²) in [6, 6.07) is 9.60. The minimum Gasteiger partial charge on any atom is -0.341 e. The first kappa shape index (κ1) is 11.1. The number of aromatic nitrogens is 1. The molecular weight excluding hydrogens is 219 g/mol. The van der Waals surface area contributed by atoms with Crippen LogP contribution in [0.1, 0.15) is 21.6 Å². The summed E-state index contributed by atoms with van der Waals surface area (Å²) in [5.74, 6) is -0.528. The Morgan fingerprint density at radius 3 is 2.94 bits per heavy atom. The fourth-order valence-corrected chi connectivity index (χ4v) is 1.63. The molecular formula is C13H9FN2O. The summed E-state index contributed by atoms with van der Waals surface area (Å²) in [7, 11) is 0. The highest BCUT2D eigenvalue weighted by molar-refractivity contribution is 5.72. The van der Waals surface area contributed by atoms with Gasteiger partial charge in [0.15, 0.2) is 6.29 Å². The lowest BCUT2D eigenvalue weighted by atomic mass is 10.1. The number of carbonyl (C=O) groups excluding carboxylic acids is 1. The van der Waals surface area contributed by atoms with Crippen LogP contribution < -0.4 is 0 Å². The van der Waals surface area contributed by atoms with Crippen LogP contribution in [-0.2, 0) is 6.54 Å². The third kappa shape index (κ3) is 2.23. The fraction of sp³-hybridized carbons (Fsp3) is 0.0769. The molecule has 84 valence electrons. The van der Waals surface area contributed by atoms with E-state index < -0.39 is 5.82 Å². The molecule has 0 radical (unpaired) electrons. The van der Waals surface area contributed by atoms with Crippen LogP contribution in [0.2, 0.25) is 0 Å². The molecule has 1 aromatic heterocycles. The van der Waals surface area contributed by atoms with Gasteiger partial charge in [0.2, 0.25) is 0 Å². The van der Waals surface area contributed by atoms with Gasteiger partial charge in [0.05, 0.1) is 11.3 Å². The number of rotatable bonds is 3. The largest absolute Gasteiger partial charge is 0.341 e. The molecule has 0 atom stereocenters. The SMILES string of the molecule is N#Cc1cc(Cn2cccc2C=O)ccc1F. The Morgan fingerprint density at radius 1 is 1.41 bits per heavy atom. The number of hydrogen-bond acceptors (Lipinski definition) is 2. The fourth-order valence-electron chi connectivity index (χ4n) is 1.63. The lowest BCUT2D eigenvalue weighted by Gasteiger charge is -2.06. The van der Waals surface area contributed by atoms with Gasteiger partial charge in [0, 0.05) is 12.7 Å². The highest BCUT2D eigenvalue weighted by Crippen LogP contribution is 2.12. The van der Waals surface area contributed by atoms with E-state index in [1.165, 1.54) is 12.1 Å². The van der Waals surface area contributed by atoms with Gasteiger partial charge in [-0.25, -0.2) is 4.39 Å². The molecule has 0 saturated heterocycles. The van der Waals surface area contributed by atoms with E-state index in [1.807, 2.05) is 0 Å². The van der Waals surface area contributed by atoms with E-state index in [-0.39, 0.29) is 5.56 Å². The molecule has 0 fully saturated rings. The lowest BCUT2D eigenvalue weighted by molar-refractivity contribution is 0.111. The van der Waals surface area contributed by atoms with Crippen LogP contribution in [0.4, 0.5) is 4.39 Å². The zero-order valence-electron chi connectivity index (χ0n) is 8.93. The third-order valence-corrected chi connectivity index (χ3v) is 2.49. The number of nitrogens with zero attached hydrogens (tertiary/aromatic N) is 2. The Morgan fingerprint density at radius 2 is 2.24 bits per heavy atom. The average molecular weight is 228 g/mol. The smallest absolute Gasteiger partial charge is 0.166 e. The van der Waals surface area contributed by atoms with Gasteiger partial charge in [0.25, 0.3) is 0 Å². The van der Waals surface area contributed by atoms with Crippen molar-refractivity contribution in [2.75, 3.05) is 0 Å². The number of nitriles is 1. The highest BCUT2D eigenvalue weighted by atomic mass is 19.1. The normalized spacial score (nSPS) is 9.88. The van der Waals surface area contributed by atoms with Crippen molar-refractivity contribution in [3.63, 3.8) is 0 Å². The van der Waals surface area contributed by atoms with Crippen molar-refractivity contribution in [1.29, 1.82) is 5.26 Å². The summed E-state index contributed by atoms with van der Waals surface area (Å²) >= 11 is 0. The van der Waals surface area contributed by atoms with E-state index in [0.717, 1.165) is 11.8 Å². The van der Waals surface area contributed by atoms with Crippen molar-refractivity contribution >= 4 is 6.29 Å². The molecule has 0 bridgehead atoms. The summed E-state index contributed by atoms with van der Waals surface area (Å²) < 4.78 is 14.8. The number of benzene rings is 1. The Bertz CT molecular complexity index is 596. The van der Waals surface area contributed by atoms with Crippen LogP contribution >= 0.6 is 0 Å². The monoisotopic (exact) mass is 228 g/mol. The molecule has 0 spiro atoms. The molecule has 2 aromatic rings. The quantitative estimate of drug-likeness (QED) is 0.757. The van der Waals surface area contributed by atoms with Gasteiger partial charge in [-0.3, -0.25) is 4.79 Å². The molecule has 0 aliphatic rings. The predicted molar refractivity (Wildman–Crippen MR) is 60.0 cm³/mol. The van der Waals surface area contributed by atoms with Crippen molar-refractivity contribution in [2.45, 2.75) is 6.54 Å². The summed E-state index contributed by atoms with van der Waals surface area (Å²) in [6.07, 6.45) is 2.52. The molecule has 1 heterocycles. The van der Waals surface area contributed by atoms with Crippen molar-refractivity contribution in [3.05, 3.63) is 59.2 Å². The van der Waals surface area contributed by atoms with E-state index in [2.05, 4.69) is 0 Å². The topological polar surface area (TPSA) is 45.8 Å². The average Bonchev–Trinajstić information content (AvgIpc) is 2.79. The summed E-state index contributed by atoms with van der Waals surface area (Å²) in [6.45, 7) is 0.441. The molecule has 0 amide bonds. The minimum absolute atomic E-state index is 0.0160. The first-order valence-electron chi connectivity index (χ1n) is 5.03. The number of aldehydes is 1. The standard InChI is InChI=1S/C13H9FN2O/c14-13-4-3-10(6-11(13)7-15)8-16-5-1-2-12(16)9-17/h1-6,9H,8H2. The molecule has 2 rings (SSSR count). The van der Waals surface area contributed by atoms with E-state index in [0.29, 0.717) is 12.2 Å². The Labute approximate surface area is 97.7 Å². The summed E-state index contributed by atoms with van der Waals surface area (Å²) in [5.41, 5.74) is 1.34. The Kier molecular flexibility index (Phi) is 3.01. The van der Waals surface area contributed by atoms with Crippen LogP contribution in [-0.4, -0.2) is 10.9 Å². The molecule has 0 unspecified atom stereocenters. The summed E-state index contributed by atoms with van der Waals surface area (Å²) in [5, 5.41) is 8.72. The number of hydrogen-bond donors (Lipinski definition) is 0. The van der Waals surface area contributed by atoms with Crippen LogP contribution in [0.25, 0.3) is 0 Å². The van der Waals surface area contributed by atoms with Crippen molar-refractivity contribution in [3.8, 4) is 6.07 Å². The van der Waals surface area contributed by atoms with Crippen molar-refractivity contribution < 1.29 is 9.18 Å². The third-order valence-electron chi connectivity index (χ3n) is 2.49. The van der Waals surface area contributed by atoms with E-state index in [1.54, 1.807) is 35.0 Å². The number of carbonyl (C=O) groups is 1. The molecule has 3 nitrogen and oxygen atoms in total. The maximum atomic E-state index is 13.1. The molecule has 0 N–H and O–H groups in total. The molecule has 0 saturated carbocycles. The predicted octanol–water partition coefficient (Wildman–Crippen LogP) is 2.36. The van der Waals surface area contributed by atoms with Gasteiger partial charge in [-0.15, -0.1) is 0 Å². The van der Waals surface area contributed by atoms with Crippen LogP contribution in [0, 0.1) is 17.1 Å². The first-order valence-corrected chi connectivity index (χ1v) is 5.03. The molecule has 0 aliphatic carbocycles. The molecule has 17 heavy (non-hydrogen) atoms. The van der Waals surface area contributed by atoms with Gasteiger partial charge in [0.1, 0.15) is 11.9 Å². The number of halogens is 1. The maximum absolute atomic E-state index is 13.1. The van der Waals surface area contributed by atoms with E-state index >= 15 is 0 Å². The van der Waals surface area contributed by atoms with Crippen molar-refractivity contribution in [1.82, 2.24) is 4.57 Å². The van der Waals surface area contributed by atoms with Gasteiger partial charge in [-0.1, -0.05) is 6.07 Å². The van der Waals surface area contributed by atoms with Crippen LogP contribution in [0.3, 0.4) is 0 Å². The van der Waals surface area contributed by atoms with Gasteiger partial charge >= 0.3 is 0 Å². The van der Waals surface area contributed by atoms with Gasteiger partial charge < -0.3 is 4.57 Å². The first-order chi connectivity index (χ1) is 8.24. The minimum atomic E-state index is -0.528. The van der Waals surface area contributed by atoms with E-state index in [9.17, 15) is 9.18 Å². The maximum Gasteiger partial charge on any atom is 0.166 e. The second kappa shape index (κ2) is 4.62. The molecule has 4 heteroatoms. The second-order valence-electron chi connectivity index (χ2n) is 3.60. The molecule has 1 aromatic carbocycles. The Balaban J connectivity index is 2.31.